The lowest BCUT2D eigenvalue weighted by Crippen LogP contribution is -2.41. The fraction of sp³-hybridized carbons (Fsp3) is 0.611. The molecule has 24 heavy (non-hydrogen) atoms. The number of carbonyl (C=O) groups is 1. The van der Waals surface area contributed by atoms with Crippen molar-refractivity contribution >= 4 is 15.9 Å². The lowest BCUT2D eigenvalue weighted by Gasteiger charge is -2.25. The molecule has 0 aliphatic carbocycles. The van der Waals surface area contributed by atoms with Crippen LogP contribution in [-0.4, -0.2) is 50.2 Å². The lowest BCUT2D eigenvalue weighted by atomic mass is 9.95. The van der Waals surface area contributed by atoms with Crippen molar-refractivity contribution in [1.29, 1.82) is 0 Å². The predicted octanol–water partition coefficient (Wildman–Crippen LogP) is 2.72. The van der Waals surface area contributed by atoms with Crippen molar-refractivity contribution in [3.05, 3.63) is 27.8 Å². The summed E-state index contributed by atoms with van der Waals surface area (Å²) in [5.41, 5.74) is 4.61. The highest BCUT2D eigenvalue weighted by Crippen LogP contribution is 2.31. The minimum absolute atomic E-state index is 0.144. The lowest BCUT2D eigenvalue weighted by molar-refractivity contribution is -0.130. The third-order valence-electron chi connectivity index (χ3n) is 5.07. The van der Waals surface area contributed by atoms with Crippen molar-refractivity contribution in [1.82, 2.24) is 9.21 Å². The minimum Gasteiger partial charge on any atom is -0.342 e. The first-order chi connectivity index (χ1) is 11.0. The van der Waals surface area contributed by atoms with Crippen molar-refractivity contribution in [2.24, 2.45) is 0 Å². The second-order valence-electron chi connectivity index (χ2n) is 6.28. The monoisotopic (exact) mass is 354 g/mol. The van der Waals surface area contributed by atoms with E-state index in [9.17, 15) is 13.2 Å². The van der Waals surface area contributed by atoms with Crippen LogP contribution in [-0.2, 0) is 14.8 Å². The Morgan fingerprint density at radius 3 is 1.58 bits per heavy atom. The number of rotatable bonds is 6. The summed E-state index contributed by atoms with van der Waals surface area (Å²) in [6, 6.07) is 0. The quantitative estimate of drug-likeness (QED) is 0.789. The normalized spacial score (nSPS) is 11.9. The van der Waals surface area contributed by atoms with Crippen LogP contribution in [0.2, 0.25) is 0 Å². The van der Waals surface area contributed by atoms with Crippen molar-refractivity contribution in [3.8, 4) is 0 Å². The summed E-state index contributed by atoms with van der Waals surface area (Å²) in [6.07, 6.45) is 0. The standard InChI is InChI=1S/C18H30N2O3S/c1-9-20(10-2)17(21)11-19(8)24(22,23)18-15(6)13(4)12(3)14(5)16(18)7/h9-11H2,1-8H3. The van der Waals surface area contributed by atoms with Gasteiger partial charge in [-0.25, -0.2) is 8.42 Å². The molecule has 0 atom stereocenters. The average molecular weight is 355 g/mol. The highest BCUT2D eigenvalue weighted by molar-refractivity contribution is 7.89. The summed E-state index contributed by atoms with van der Waals surface area (Å²) < 4.78 is 27.3. The van der Waals surface area contributed by atoms with Gasteiger partial charge in [0, 0.05) is 20.1 Å². The number of amides is 1. The zero-order valence-corrected chi connectivity index (χ0v) is 17.0. The Kier molecular flexibility index (Phi) is 6.59. The maximum atomic E-state index is 13.1. The van der Waals surface area contributed by atoms with Gasteiger partial charge in [0.05, 0.1) is 11.4 Å². The van der Waals surface area contributed by atoms with Crippen molar-refractivity contribution < 1.29 is 13.2 Å². The molecule has 0 saturated carbocycles. The Morgan fingerprint density at radius 2 is 1.21 bits per heavy atom. The third-order valence-corrected chi connectivity index (χ3v) is 7.15. The molecule has 1 aromatic rings. The largest absolute Gasteiger partial charge is 0.342 e. The van der Waals surface area contributed by atoms with Gasteiger partial charge >= 0.3 is 0 Å². The summed E-state index contributed by atoms with van der Waals surface area (Å²) in [4.78, 5) is 14.2. The molecule has 0 aliphatic rings. The molecule has 0 fully saturated rings. The molecule has 1 amide bonds. The van der Waals surface area contributed by atoms with E-state index in [4.69, 9.17) is 0 Å². The predicted molar refractivity (Wildman–Crippen MR) is 97.9 cm³/mol. The van der Waals surface area contributed by atoms with E-state index in [0.29, 0.717) is 18.0 Å². The van der Waals surface area contributed by atoms with Crippen LogP contribution in [0, 0.1) is 34.6 Å². The van der Waals surface area contributed by atoms with Gasteiger partial charge < -0.3 is 4.90 Å². The van der Waals surface area contributed by atoms with Crippen LogP contribution in [0.5, 0.6) is 0 Å². The molecule has 5 nitrogen and oxygen atoms in total. The molecule has 0 aromatic heterocycles. The number of carbonyl (C=O) groups excluding carboxylic acids is 1. The van der Waals surface area contributed by atoms with E-state index in [2.05, 4.69) is 0 Å². The van der Waals surface area contributed by atoms with Crippen LogP contribution in [0.15, 0.2) is 4.90 Å². The smallest absolute Gasteiger partial charge is 0.243 e. The average Bonchev–Trinajstić information content (AvgIpc) is 2.52. The Hall–Kier alpha value is -1.40. The van der Waals surface area contributed by atoms with E-state index in [1.165, 1.54) is 7.05 Å². The van der Waals surface area contributed by atoms with Crippen molar-refractivity contribution in [2.75, 3.05) is 26.7 Å². The molecular formula is C18H30N2O3S. The van der Waals surface area contributed by atoms with Crippen LogP contribution < -0.4 is 0 Å². The first-order valence-corrected chi connectivity index (χ1v) is 9.75. The zero-order chi connectivity index (χ0) is 18.8. The van der Waals surface area contributed by atoms with Gasteiger partial charge in [-0.1, -0.05) is 0 Å². The van der Waals surface area contributed by atoms with Crippen LogP contribution in [0.25, 0.3) is 0 Å². The highest BCUT2D eigenvalue weighted by atomic mass is 32.2. The van der Waals surface area contributed by atoms with Crippen LogP contribution in [0.4, 0.5) is 0 Å². The van der Waals surface area contributed by atoms with E-state index < -0.39 is 10.0 Å². The second kappa shape index (κ2) is 7.66. The van der Waals surface area contributed by atoms with Gasteiger partial charge in [0.1, 0.15) is 0 Å². The molecule has 0 radical (unpaired) electrons. The molecule has 0 unspecified atom stereocenters. The van der Waals surface area contributed by atoms with Gasteiger partial charge in [0.2, 0.25) is 15.9 Å². The van der Waals surface area contributed by atoms with Crippen molar-refractivity contribution in [3.63, 3.8) is 0 Å². The van der Waals surface area contributed by atoms with Crippen molar-refractivity contribution in [2.45, 2.75) is 53.4 Å². The maximum Gasteiger partial charge on any atom is 0.243 e. The van der Waals surface area contributed by atoms with Gasteiger partial charge in [0.25, 0.3) is 0 Å². The van der Waals surface area contributed by atoms with E-state index in [1.54, 1.807) is 4.90 Å². The zero-order valence-electron chi connectivity index (χ0n) is 16.1. The molecule has 6 heteroatoms. The van der Waals surface area contributed by atoms with Crippen LogP contribution >= 0.6 is 0 Å². The summed E-state index contributed by atoms with van der Waals surface area (Å²) in [6.45, 7) is 14.3. The Balaban J connectivity index is 3.34. The fourth-order valence-electron chi connectivity index (χ4n) is 2.96. The Bertz CT molecular complexity index is 706. The van der Waals surface area contributed by atoms with Crippen LogP contribution in [0.3, 0.4) is 0 Å². The molecule has 1 aromatic carbocycles. The van der Waals surface area contributed by atoms with Gasteiger partial charge in [-0.05, 0) is 76.3 Å². The summed E-state index contributed by atoms with van der Waals surface area (Å²) >= 11 is 0. The molecular weight excluding hydrogens is 324 g/mol. The number of hydrogen-bond donors (Lipinski definition) is 0. The number of sulfonamides is 1. The first-order valence-electron chi connectivity index (χ1n) is 8.31. The van der Waals surface area contributed by atoms with Gasteiger partial charge in [-0.3, -0.25) is 4.79 Å². The number of likely N-dealkylation sites (N-methyl/N-ethyl adjacent to an activating group) is 2. The van der Waals surface area contributed by atoms with E-state index in [0.717, 1.165) is 32.1 Å². The molecule has 136 valence electrons. The Labute approximate surface area is 146 Å². The topological polar surface area (TPSA) is 57.7 Å². The van der Waals surface area contributed by atoms with E-state index in [-0.39, 0.29) is 12.5 Å². The maximum absolute atomic E-state index is 13.1. The van der Waals surface area contributed by atoms with Gasteiger partial charge in [-0.2, -0.15) is 4.31 Å². The van der Waals surface area contributed by atoms with E-state index >= 15 is 0 Å². The number of nitrogens with zero attached hydrogens (tertiary/aromatic N) is 2. The first kappa shape index (κ1) is 20.6. The highest BCUT2D eigenvalue weighted by Gasteiger charge is 2.29. The molecule has 0 N–H and O–H groups in total. The second-order valence-corrected chi connectivity index (χ2v) is 8.26. The number of benzene rings is 1. The fourth-order valence-corrected chi connectivity index (χ4v) is 4.63. The third kappa shape index (κ3) is 3.64. The minimum atomic E-state index is -3.72. The molecule has 0 spiro atoms. The van der Waals surface area contributed by atoms with Gasteiger partial charge in [-0.15, -0.1) is 0 Å². The molecule has 1 rings (SSSR count). The Morgan fingerprint density at radius 1 is 0.833 bits per heavy atom. The summed E-state index contributed by atoms with van der Waals surface area (Å²) in [7, 11) is -2.25. The SMILES string of the molecule is CCN(CC)C(=O)CN(C)S(=O)(=O)c1c(C)c(C)c(C)c(C)c1C. The van der Waals surface area contributed by atoms with Crippen LogP contribution in [0.1, 0.15) is 41.7 Å². The number of hydrogen-bond acceptors (Lipinski definition) is 3. The summed E-state index contributed by atoms with van der Waals surface area (Å²) in [5.74, 6) is -0.179. The molecule has 0 heterocycles. The summed E-state index contributed by atoms with van der Waals surface area (Å²) in [5, 5.41) is 0. The van der Waals surface area contributed by atoms with Gasteiger partial charge in [0.15, 0.2) is 0 Å². The van der Waals surface area contributed by atoms with E-state index in [1.807, 2.05) is 48.5 Å². The molecule has 0 bridgehead atoms. The molecule has 0 saturated heterocycles. The molecule has 0 aliphatic heterocycles.